The van der Waals surface area contributed by atoms with Gasteiger partial charge in [0.15, 0.2) is 0 Å². The molecule has 90 valence electrons. The third kappa shape index (κ3) is 4.33. The molecule has 2 N–H and O–H groups in total. The van der Waals surface area contributed by atoms with Crippen molar-refractivity contribution in [3.05, 3.63) is 17.5 Å². The number of amides is 1. The van der Waals surface area contributed by atoms with Gasteiger partial charge >= 0.3 is 6.09 Å². The number of nitrogens with one attached hydrogen (secondary N) is 1. The zero-order valence-electron chi connectivity index (χ0n) is 9.86. The second-order valence-electron chi connectivity index (χ2n) is 4.41. The van der Waals surface area contributed by atoms with Crippen LogP contribution in [-0.2, 0) is 6.42 Å². The van der Waals surface area contributed by atoms with Gasteiger partial charge in [-0.25, -0.2) is 4.79 Å². The van der Waals surface area contributed by atoms with Gasteiger partial charge < -0.3 is 14.9 Å². The largest absolute Gasteiger partial charge is 0.465 e. The highest BCUT2D eigenvalue weighted by Crippen LogP contribution is 2.11. The molecule has 1 rings (SSSR count). The monoisotopic (exact) mass is 226 g/mol. The van der Waals surface area contributed by atoms with Gasteiger partial charge in [-0.05, 0) is 19.3 Å². The van der Waals surface area contributed by atoms with E-state index in [0.29, 0.717) is 12.3 Å². The quantitative estimate of drug-likeness (QED) is 0.807. The minimum absolute atomic E-state index is 0.109. The lowest BCUT2D eigenvalue weighted by Crippen LogP contribution is -2.36. The average Bonchev–Trinajstić information content (AvgIpc) is 2.48. The molecular formula is C11H18N2O3. The van der Waals surface area contributed by atoms with E-state index in [1.807, 2.05) is 13.0 Å². The zero-order chi connectivity index (χ0) is 12.1. The highest BCUT2D eigenvalue weighted by molar-refractivity contribution is 5.64. The lowest BCUT2D eigenvalue weighted by atomic mass is 10.00. The third-order valence-electron chi connectivity index (χ3n) is 2.22. The molecular weight excluding hydrogens is 208 g/mol. The van der Waals surface area contributed by atoms with Crippen molar-refractivity contribution >= 4 is 6.09 Å². The molecule has 1 atom stereocenters. The first kappa shape index (κ1) is 12.5. The second kappa shape index (κ2) is 5.53. The van der Waals surface area contributed by atoms with Crippen molar-refractivity contribution in [3.63, 3.8) is 0 Å². The summed E-state index contributed by atoms with van der Waals surface area (Å²) in [7, 11) is 0. The van der Waals surface area contributed by atoms with Crippen LogP contribution in [-0.4, -0.2) is 22.4 Å². The predicted octanol–water partition coefficient (Wildman–Crippen LogP) is 2.21. The first-order valence-corrected chi connectivity index (χ1v) is 5.39. The molecule has 0 bridgehead atoms. The molecule has 0 saturated heterocycles. The van der Waals surface area contributed by atoms with Crippen LogP contribution in [0.25, 0.3) is 0 Å². The van der Waals surface area contributed by atoms with E-state index in [9.17, 15) is 4.79 Å². The van der Waals surface area contributed by atoms with Crippen molar-refractivity contribution in [2.75, 3.05) is 0 Å². The smallest absolute Gasteiger partial charge is 0.404 e. The van der Waals surface area contributed by atoms with Crippen molar-refractivity contribution < 1.29 is 14.4 Å². The van der Waals surface area contributed by atoms with Gasteiger partial charge in [0.05, 0.1) is 5.69 Å². The summed E-state index contributed by atoms with van der Waals surface area (Å²) in [4.78, 5) is 10.6. The molecule has 0 saturated carbocycles. The average molecular weight is 226 g/mol. The molecule has 5 nitrogen and oxygen atoms in total. The second-order valence-corrected chi connectivity index (χ2v) is 4.41. The van der Waals surface area contributed by atoms with Gasteiger partial charge in [-0.1, -0.05) is 19.0 Å². The molecule has 1 heterocycles. The Morgan fingerprint density at radius 2 is 2.31 bits per heavy atom. The molecule has 0 aliphatic carbocycles. The van der Waals surface area contributed by atoms with Crippen molar-refractivity contribution in [2.45, 2.75) is 39.7 Å². The summed E-state index contributed by atoms with van der Waals surface area (Å²) >= 11 is 0. The zero-order valence-corrected chi connectivity index (χ0v) is 9.86. The first-order valence-electron chi connectivity index (χ1n) is 5.39. The normalized spacial score (nSPS) is 12.8. The topological polar surface area (TPSA) is 75.4 Å². The minimum Gasteiger partial charge on any atom is -0.465 e. The van der Waals surface area contributed by atoms with Gasteiger partial charge in [0.1, 0.15) is 5.76 Å². The van der Waals surface area contributed by atoms with Crippen LogP contribution < -0.4 is 5.32 Å². The van der Waals surface area contributed by atoms with E-state index in [-0.39, 0.29) is 6.04 Å². The number of carboxylic acid groups (broad SMARTS) is 1. The Morgan fingerprint density at radius 1 is 1.62 bits per heavy atom. The van der Waals surface area contributed by atoms with Gasteiger partial charge in [-0.3, -0.25) is 0 Å². The molecule has 1 aromatic rings. The first-order chi connectivity index (χ1) is 7.47. The van der Waals surface area contributed by atoms with Crippen LogP contribution >= 0.6 is 0 Å². The minimum atomic E-state index is -0.995. The van der Waals surface area contributed by atoms with Gasteiger partial charge in [0, 0.05) is 18.5 Å². The number of hydrogen-bond acceptors (Lipinski definition) is 3. The molecule has 16 heavy (non-hydrogen) atoms. The van der Waals surface area contributed by atoms with Crippen LogP contribution in [0.15, 0.2) is 10.6 Å². The van der Waals surface area contributed by atoms with Crippen LogP contribution in [0, 0.1) is 12.8 Å². The number of carbonyl (C=O) groups is 1. The summed E-state index contributed by atoms with van der Waals surface area (Å²) in [5, 5.41) is 15.1. The molecule has 5 heteroatoms. The van der Waals surface area contributed by atoms with E-state index < -0.39 is 6.09 Å². The van der Waals surface area contributed by atoms with Crippen LogP contribution in [0.1, 0.15) is 31.7 Å². The molecule has 0 aliphatic heterocycles. The fraction of sp³-hybridized carbons (Fsp3) is 0.636. The Kier molecular flexibility index (Phi) is 4.34. The summed E-state index contributed by atoms with van der Waals surface area (Å²) < 4.78 is 4.95. The van der Waals surface area contributed by atoms with Crippen molar-refractivity contribution in [1.82, 2.24) is 10.5 Å². The lowest BCUT2D eigenvalue weighted by Gasteiger charge is -2.17. The molecule has 1 amide bonds. The molecule has 1 unspecified atom stereocenters. The van der Waals surface area contributed by atoms with E-state index >= 15 is 0 Å². The predicted molar refractivity (Wildman–Crippen MR) is 59.3 cm³/mol. The van der Waals surface area contributed by atoms with E-state index in [2.05, 4.69) is 24.3 Å². The fourth-order valence-electron chi connectivity index (χ4n) is 1.70. The van der Waals surface area contributed by atoms with E-state index in [1.165, 1.54) is 0 Å². The number of hydrogen-bond donors (Lipinski definition) is 2. The Hall–Kier alpha value is -1.52. The summed E-state index contributed by atoms with van der Waals surface area (Å²) in [6.45, 7) is 5.94. The molecule has 0 aromatic carbocycles. The number of nitrogens with zero attached hydrogens (tertiary/aromatic N) is 1. The lowest BCUT2D eigenvalue weighted by molar-refractivity contribution is 0.187. The number of rotatable bonds is 5. The van der Waals surface area contributed by atoms with Crippen LogP contribution in [0.3, 0.4) is 0 Å². The standard InChI is InChI=1S/C11H18N2O3/c1-7(2)4-9(12-11(14)15)6-10-5-8(3)16-13-10/h5,7,9,12H,4,6H2,1-3H3,(H,14,15). The Bertz CT molecular complexity index is 347. The number of aromatic nitrogens is 1. The van der Waals surface area contributed by atoms with Gasteiger partial charge in [-0.2, -0.15) is 0 Å². The molecule has 1 aromatic heterocycles. The van der Waals surface area contributed by atoms with Crippen molar-refractivity contribution in [3.8, 4) is 0 Å². The fourth-order valence-corrected chi connectivity index (χ4v) is 1.70. The van der Waals surface area contributed by atoms with Crippen LogP contribution in [0.5, 0.6) is 0 Å². The highest BCUT2D eigenvalue weighted by Gasteiger charge is 2.15. The summed E-state index contributed by atoms with van der Waals surface area (Å²) in [5.74, 6) is 1.18. The molecule has 0 radical (unpaired) electrons. The highest BCUT2D eigenvalue weighted by atomic mass is 16.5. The Labute approximate surface area is 94.8 Å². The van der Waals surface area contributed by atoms with Gasteiger partial charge in [0.2, 0.25) is 0 Å². The Balaban J connectivity index is 2.58. The molecule has 0 fully saturated rings. The molecule has 0 spiro atoms. The van der Waals surface area contributed by atoms with Crippen LogP contribution in [0.4, 0.5) is 4.79 Å². The SMILES string of the molecule is Cc1cc(CC(CC(C)C)NC(=O)O)no1. The van der Waals surface area contributed by atoms with E-state index in [4.69, 9.17) is 9.63 Å². The summed E-state index contributed by atoms with van der Waals surface area (Å²) in [5.41, 5.74) is 0.789. The maximum absolute atomic E-state index is 10.6. The number of aryl methyl sites for hydroxylation is 1. The van der Waals surface area contributed by atoms with Crippen molar-refractivity contribution in [2.24, 2.45) is 5.92 Å². The van der Waals surface area contributed by atoms with Gasteiger partial charge in [0.25, 0.3) is 0 Å². The van der Waals surface area contributed by atoms with Crippen molar-refractivity contribution in [1.29, 1.82) is 0 Å². The maximum Gasteiger partial charge on any atom is 0.404 e. The van der Waals surface area contributed by atoms with Crippen LogP contribution in [0.2, 0.25) is 0 Å². The maximum atomic E-state index is 10.6. The third-order valence-corrected chi connectivity index (χ3v) is 2.22. The Morgan fingerprint density at radius 3 is 2.75 bits per heavy atom. The van der Waals surface area contributed by atoms with E-state index in [0.717, 1.165) is 17.9 Å². The molecule has 0 aliphatic rings. The summed E-state index contributed by atoms with van der Waals surface area (Å²) in [6.07, 6.45) is 0.367. The van der Waals surface area contributed by atoms with Gasteiger partial charge in [-0.15, -0.1) is 0 Å². The summed E-state index contributed by atoms with van der Waals surface area (Å²) in [6, 6.07) is 1.72. The van der Waals surface area contributed by atoms with E-state index in [1.54, 1.807) is 0 Å².